The number of hydrogen-bond acceptors (Lipinski definition) is 4. The lowest BCUT2D eigenvalue weighted by Crippen LogP contribution is -2.18. The summed E-state index contributed by atoms with van der Waals surface area (Å²) in [6.07, 6.45) is 5.17. The maximum atomic E-state index is 14.4. The molecule has 0 aliphatic carbocycles. The topological polar surface area (TPSA) is 90.8 Å². The minimum atomic E-state index is -0.509. The van der Waals surface area contributed by atoms with Gasteiger partial charge in [0.15, 0.2) is 0 Å². The molecule has 2 aromatic heterocycles. The molecular formula is C22H21FN6O. The Morgan fingerprint density at radius 2 is 2.03 bits per heavy atom. The zero-order valence-electron chi connectivity index (χ0n) is 16.4. The number of nitrogens with zero attached hydrogens (tertiary/aromatic N) is 4. The summed E-state index contributed by atoms with van der Waals surface area (Å²) in [7, 11) is 0. The molecule has 0 saturated carbocycles. The Kier molecular flexibility index (Phi) is 5.40. The molecule has 0 fully saturated rings. The monoisotopic (exact) mass is 404 g/mol. The molecule has 0 spiro atoms. The highest BCUT2D eigenvalue weighted by Crippen LogP contribution is 2.20. The molecule has 2 aromatic carbocycles. The van der Waals surface area contributed by atoms with E-state index in [1.807, 2.05) is 35.0 Å². The molecule has 0 radical (unpaired) electrons. The maximum Gasteiger partial charge on any atom is 0.274 e. The van der Waals surface area contributed by atoms with Crippen molar-refractivity contribution in [3.05, 3.63) is 95.6 Å². The number of anilines is 1. The van der Waals surface area contributed by atoms with E-state index < -0.39 is 11.7 Å². The van der Waals surface area contributed by atoms with E-state index in [9.17, 15) is 9.18 Å². The van der Waals surface area contributed by atoms with Crippen LogP contribution in [0.1, 0.15) is 27.3 Å². The van der Waals surface area contributed by atoms with E-state index in [1.54, 1.807) is 37.6 Å². The third-order valence-corrected chi connectivity index (χ3v) is 4.66. The SMILES string of the molecule is Cc1cc(C(=O)Nc2cc(Cn3ccnc3)ccc2F)n(-c2cccc(CN)c2)n1. The van der Waals surface area contributed by atoms with Crippen LogP contribution in [-0.4, -0.2) is 25.2 Å². The van der Waals surface area contributed by atoms with Gasteiger partial charge >= 0.3 is 0 Å². The minimum Gasteiger partial charge on any atom is -0.333 e. The summed E-state index contributed by atoms with van der Waals surface area (Å²) < 4.78 is 17.8. The number of nitrogens with one attached hydrogen (secondary N) is 1. The molecule has 0 unspecified atom stereocenters. The third-order valence-electron chi connectivity index (χ3n) is 4.66. The number of carbonyl (C=O) groups excluding carboxylic acids is 1. The fourth-order valence-electron chi connectivity index (χ4n) is 3.22. The molecule has 8 heteroatoms. The first-order chi connectivity index (χ1) is 14.5. The minimum absolute atomic E-state index is 0.110. The number of benzene rings is 2. The average Bonchev–Trinajstić information content (AvgIpc) is 3.40. The summed E-state index contributed by atoms with van der Waals surface area (Å²) in [5.74, 6) is -0.960. The van der Waals surface area contributed by atoms with E-state index >= 15 is 0 Å². The standard InChI is InChI=1S/C22H21FN6O/c1-15-9-21(29(27-15)18-4-2-3-16(10-18)12-24)22(30)26-20-11-17(5-6-19(20)23)13-28-8-7-25-14-28/h2-11,14H,12-13,24H2,1H3,(H,26,30). The first-order valence-electron chi connectivity index (χ1n) is 9.45. The van der Waals surface area contributed by atoms with Gasteiger partial charge in [-0.25, -0.2) is 14.1 Å². The number of imidazole rings is 1. The van der Waals surface area contributed by atoms with Crippen molar-refractivity contribution in [2.24, 2.45) is 5.73 Å². The Bertz CT molecular complexity index is 1180. The van der Waals surface area contributed by atoms with Gasteiger partial charge < -0.3 is 15.6 Å². The molecule has 2 heterocycles. The average molecular weight is 404 g/mol. The van der Waals surface area contributed by atoms with Gasteiger partial charge in [0.05, 0.1) is 23.4 Å². The summed E-state index contributed by atoms with van der Waals surface area (Å²) >= 11 is 0. The van der Waals surface area contributed by atoms with E-state index in [4.69, 9.17) is 5.73 Å². The molecule has 0 aliphatic rings. The number of aryl methyl sites for hydroxylation is 1. The van der Waals surface area contributed by atoms with Gasteiger partial charge in [0.2, 0.25) is 0 Å². The van der Waals surface area contributed by atoms with Crippen LogP contribution in [0.25, 0.3) is 5.69 Å². The molecule has 4 aromatic rings. The Labute approximate surface area is 173 Å². The zero-order valence-corrected chi connectivity index (χ0v) is 16.4. The van der Waals surface area contributed by atoms with Gasteiger partial charge in [-0.15, -0.1) is 0 Å². The molecule has 30 heavy (non-hydrogen) atoms. The molecule has 152 valence electrons. The second-order valence-electron chi connectivity index (χ2n) is 6.96. The van der Waals surface area contributed by atoms with Crippen LogP contribution in [0.5, 0.6) is 0 Å². The van der Waals surface area contributed by atoms with Gasteiger partial charge in [-0.05, 0) is 48.4 Å². The predicted molar refractivity (Wildman–Crippen MR) is 112 cm³/mol. The van der Waals surface area contributed by atoms with Crippen molar-refractivity contribution in [3.63, 3.8) is 0 Å². The highest BCUT2D eigenvalue weighted by atomic mass is 19.1. The van der Waals surface area contributed by atoms with Crippen LogP contribution >= 0.6 is 0 Å². The Morgan fingerprint density at radius 3 is 2.80 bits per heavy atom. The fraction of sp³-hybridized carbons (Fsp3) is 0.136. The summed E-state index contributed by atoms with van der Waals surface area (Å²) in [6, 6.07) is 13.8. The summed E-state index contributed by atoms with van der Waals surface area (Å²) in [5, 5.41) is 7.09. The molecule has 3 N–H and O–H groups in total. The van der Waals surface area contributed by atoms with E-state index in [-0.39, 0.29) is 5.69 Å². The van der Waals surface area contributed by atoms with Crippen molar-refractivity contribution in [3.8, 4) is 5.69 Å². The van der Waals surface area contributed by atoms with E-state index in [1.165, 1.54) is 10.7 Å². The second kappa shape index (κ2) is 8.30. The van der Waals surface area contributed by atoms with Crippen LogP contribution < -0.4 is 11.1 Å². The number of aromatic nitrogens is 4. The normalized spacial score (nSPS) is 10.9. The Hall–Kier alpha value is -3.78. The predicted octanol–water partition coefficient (Wildman–Crippen LogP) is 3.28. The lowest BCUT2D eigenvalue weighted by Gasteiger charge is -2.11. The molecule has 0 bridgehead atoms. The maximum absolute atomic E-state index is 14.4. The Balaban J connectivity index is 1.62. The Morgan fingerprint density at radius 1 is 1.17 bits per heavy atom. The van der Waals surface area contributed by atoms with E-state index in [0.29, 0.717) is 30.2 Å². The van der Waals surface area contributed by atoms with Crippen LogP contribution in [-0.2, 0) is 13.1 Å². The lowest BCUT2D eigenvalue weighted by atomic mass is 10.2. The van der Waals surface area contributed by atoms with Crippen molar-refractivity contribution in [2.45, 2.75) is 20.0 Å². The van der Waals surface area contributed by atoms with Gasteiger partial charge in [0.1, 0.15) is 11.5 Å². The lowest BCUT2D eigenvalue weighted by molar-refractivity contribution is 0.101. The molecule has 1 amide bonds. The summed E-state index contributed by atoms with van der Waals surface area (Å²) in [4.78, 5) is 17.0. The number of amides is 1. The number of hydrogen-bond donors (Lipinski definition) is 2. The molecule has 0 atom stereocenters. The highest BCUT2D eigenvalue weighted by Gasteiger charge is 2.17. The van der Waals surface area contributed by atoms with Crippen LogP contribution in [0.3, 0.4) is 0 Å². The van der Waals surface area contributed by atoms with Crippen molar-refractivity contribution >= 4 is 11.6 Å². The van der Waals surface area contributed by atoms with E-state index in [2.05, 4.69) is 15.4 Å². The van der Waals surface area contributed by atoms with Crippen molar-refractivity contribution in [1.29, 1.82) is 0 Å². The number of carbonyl (C=O) groups is 1. The number of nitrogens with two attached hydrogens (primary N) is 1. The molecule has 7 nitrogen and oxygen atoms in total. The first kappa shape index (κ1) is 19.5. The largest absolute Gasteiger partial charge is 0.333 e. The van der Waals surface area contributed by atoms with Crippen LogP contribution in [0.4, 0.5) is 10.1 Å². The van der Waals surface area contributed by atoms with Gasteiger partial charge in [-0.1, -0.05) is 18.2 Å². The number of rotatable bonds is 6. The first-order valence-corrected chi connectivity index (χ1v) is 9.45. The molecular weight excluding hydrogens is 383 g/mol. The van der Waals surface area contributed by atoms with Crippen LogP contribution in [0.15, 0.2) is 67.3 Å². The van der Waals surface area contributed by atoms with Gasteiger partial charge in [0.25, 0.3) is 5.91 Å². The third kappa shape index (κ3) is 4.13. The van der Waals surface area contributed by atoms with Crippen LogP contribution in [0.2, 0.25) is 0 Å². The van der Waals surface area contributed by atoms with Crippen molar-refractivity contribution < 1.29 is 9.18 Å². The van der Waals surface area contributed by atoms with Gasteiger partial charge in [-0.3, -0.25) is 4.79 Å². The summed E-state index contributed by atoms with van der Waals surface area (Å²) in [6.45, 7) is 2.70. The molecule has 0 aliphatic heterocycles. The number of halogens is 1. The molecule has 4 rings (SSSR count). The smallest absolute Gasteiger partial charge is 0.274 e. The van der Waals surface area contributed by atoms with Gasteiger partial charge in [0, 0.05) is 25.5 Å². The fourth-order valence-corrected chi connectivity index (χ4v) is 3.22. The van der Waals surface area contributed by atoms with Gasteiger partial charge in [-0.2, -0.15) is 5.10 Å². The zero-order chi connectivity index (χ0) is 21.1. The highest BCUT2D eigenvalue weighted by molar-refractivity contribution is 6.03. The van der Waals surface area contributed by atoms with Crippen molar-refractivity contribution in [2.75, 3.05) is 5.32 Å². The quantitative estimate of drug-likeness (QED) is 0.516. The molecule has 0 saturated heterocycles. The summed E-state index contributed by atoms with van der Waals surface area (Å²) in [5.41, 5.74) is 9.29. The van der Waals surface area contributed by atoms with E-state index in [0.717, 1.165) is 11.1 Å². The second-order valence-corrected chi connectivity index (χ2v) is 6.96. The van der Waals surface area contributed by atoms with Crippen LogP contribution in [0, 0.1) is 12.7 Å². The van der Waals surface area contributed by atoms with Crippen molar-refractivity contribution in [1.82, 2.24) is 19.3 Å².